The highest BCUT2D eigenvalue weighted by Crippen LogP contribution is 2.20. The van der Waals surface area contributed by atoms with E-state index in [9.17, 15) is 4.79 Å². The van der Waals surface area contributed by atoms with Crippen molar-refractivity contribution in [3.8, 4) is 0 Å². The lowest BCUT2D eigenvalue weighted by molar-refractivity contribution is -0.122. The van der Waals surface area contributed by atoms with Crippen LogP contribution in [0.15, 0.2) is 54.7 Å². The Hall–Kier alpha value is -2.16. The first-order valence-corrected chi connectivity index (χ1v) is 7.52. The summed E-state index contributed by atoms with van der Waals surface area (Å²) >= 11 is 0. The molecule has 1 heterocycles. The fraction of sp³-hybridized carbons (Fsp3) is 0.333. The van der Waals surface area contributed by atoms with Gasteiger partial charge in [-0.25, -0.2) is 4.98 Å². The number of aromatic nitrogens is 1. The fourth-order valence-electron chi connectivity index (χ4n) is 2.41. The van der Waals surface area contributed by atoms with Gasteiger partial charge in [-0.3, -0.25) is 9.69 Å². The van der Waals surface area contributed by atoms with E-state index in [1.165, 1.54) is 0 Å². The summed E-state index contributed by atoms with van der Waals surface area (Å²) < 4.78 is 0. The fourth-order valence-corrected chi connectivity index (χ4v) is 2.41. The van der Waals surface area contributed by atoms with Crippen LogP contribution in [0.5, 0.6) is 0 Å². The summed E-state index contributed by atoms with van der Waals surface area (Å²) in [5.74, 6) is 0.927. The zero-order valence-electron chi connectivity index (χ0n) is 12.7. The Bertz CT molecular complexity index is 550. The number of hydrogen-bond acceptors (Lipinski definition) is 2. The van der Waals surface area contributed by atoms with Crippen molar-refractivity contribution in [1.82, 2.24) is 4.98 Å². The molecule has 1 amide bonds. The van der Waals surface area contributed by atoms with E-state index in [4.69, 9.17) is 0 Å². The van der Waals surface area contributed by atoms with Crippen molar-refractivity contribution in [1.29, 1.82) is 0 Å². The molecule has 0 spiro atoms. The number of carbonyl (C=O) groups excluding carboxylic acids is 1. The first kappa shape index (κ1) is 15.2. The van der Waals surface area contributed by atoms with Crippen LogP contribution in [0.3, 0.4) is 0 Å². The zero-order valence-corrected chi connectivity index (χ0v) is 12.7. The van der Waals surface area contributed by atoms with Crippen LogP contribution >= 0.6 is 0 Å². The van der Waals surface area contributed by atoms with E-state index >= 15 is 0 Å². The minimum Gasteiger partial charge on any atom is -0.292 e. The SMILES string of the molecule is CCC(CC)C(=O)N(Cc1ccccc1)c1ccccn1. The third kappa shape index (κ3) is 3.91. The van der Waals surface area contributed by atoms with Gasteiger partial charge in [0.25, 0.3) is 0 Å². The van der Waals surface area contributed by atoms with Gasteiger partial charge in [0.05, 0.1) is 6.54 Å². The highest BCUT2D eigenvalue weighted by molar-refractivity contribution is 5.94. The predicted molar refractivity (Wildman–Crippen MR) is 85.9 cm³/mol. The van der Waals surface area contributed by atoms with Gasteiger partial charge >= 0.3 is 0 Å². The monoisotopic (exact) mass is 282 g/mol. The van der Waals surface area contributed by atoms with Gasteiger partial charge in [0.1, 0.15) is 5.82 Å². The standard InChI is InChI=1S/C18H22N2O/c1-3-16(4-2)18(21)20(17-12-8-9-13-19-17)14-15-10-6-5-7-11-15/h5-13,16H,3-4,14H2,1-2H3. The molecule has 21 heavy (non-hydrogen) atoms. The largest absolute Gasteiger partial charge is 0.292 e. The third-order valence-electron chi connectivity index (χ3n) is 3.71. The van der Waals surface area contributed by atoms with E-state index in [1.54, 1.807) is 11.1 Å². The molecule has 0 aliphatic heterocycles. The summed E-state index contributed by atoms with van der Waals surface area (Å²) in [6, 6.07) is 15.7. The van der Waals surface area contributed by atoms with Gasteiger partial charge in [-0.15, -0.1) is 0 Å². The third-order valence-corrected chi connectivity index (χ3v) is 3.71. The van der Waals surface area contributed by atoms with Crippen LogP contribution in [-0.4, -0.2) is 10.9 Å². The summed E-state index contributed by atoms with van der Waals surface area (Å²) in [6.45, 7) is 4.68. The molecular weight excluding hydrogens is 260 g/mol. The van der Waals surface area contributed by atoms with Crippen LogP contribution in [-0.2, 0) is 11.3 Å². The molecule has 110 valence electrons. The molecule has 1 aromatic carbocycles. The van der Waals surface area contributed by atoms with Crippen molar-refractivity contribution >= 4 is 11.7 Å². The Morgan fingerprint density at radius 3 is 2.29 bits per heavy atom. The van der Waals surface area contributed by atoms with Crippen molar-refractivity contribution in [2.75, 3.05) is 4.90 Å². The Morgan fingerprint density at radius 2 is 1.71 bits per heavy atom. The molecule has 3 nitrogen and oxygen atoms in total. The lowest BCUT2D eigenvalue weighted by Crippen LogP contribution is -2.36. The summed E-state index contributed by atoms with van der Waals surface area (Å²) in [4.78, 5) is 18.9. The van der Waals surface area contributed by atoms with Crippen LogP contribution < -0.4 is 4.90 Å². The normalized spacial score (nSPS) is 10.6. The number of benzene rings is 1. The topological polar surface area (TPSA) is 33.2 Å². The van der Waals surface area contributed by atoms with Crippen molar-refractivity contribution < 1.29 is 4.79 Å². The first-order chi connectivity index (χ1) is 10.3. The number of rotatable bonds is 6. The molecule has 0 saturated carbocycles. The average Bonchev–Trinajstić information content (AvgIpc) is 2.55. The summed E-state index contributed by atoms with van der Waals surface area (Å²) in [5.41, 5.74) is 1.11. The Kier molecular flexibility index (Phi) is 5.50. The molecule has 0 saturated heterocycles. The number of anilines is 1. The molecule has 0 bridgehead atoms. The second-order valence-corrected chi connectivity index (χ2v) is 5.11. The van der Waals surface area contributed by atoms with Crippen molar-refractivity contribution in [2.45, 2.75) is 33.2 Å². The molecule has 0 atom stereocenters. The number of pyridine rings is 1. The van der Waals surface area contributed by atoms with Crippen LogP contribution in [0.25, 0.3) is 0 Å². The van der Waals surface area contributed by atoms with E-state index in [2.05, 4.69) is 18.8 Å². The number of hydrogen-bond donors (Lipinski definition) is 0. The van der Waals surface area contributed by atoms with E-state index in [0.717, 1.165) is 24.2 Å². The molecule has 0 aliphatic carbocycles. The van der Waals surface area contributed by atoms with Gasteiger partial charge in [0, 0.05) is 12.1 Å². The second kappa shape index (κ2) is 7.58. The lowest BCUT2D eigenvalue weighted by atomic mass is 10.0. The smallest absolute Gasteiger partial charge is 0.231 e. The second-order valence-electron chi connectivity index (χ2n) is 5.11. The minimum atomic E-state index is 0.0516. The Balaban J connectivity index is 2.29. The summed E-state index contributed by atoms with van der Waals surface area (Å²) in [7, 11) is 0. The first-order valence-electron chi connectivity index (χ1n) is 7.52. The van der Waals surface area contributed by atoms with Crippen molar-refractivity contribution in [3.05, 3.63) is 60.3 Å². The molecule has 2 rings (SSSR count). The number of amides is 1. The quantitative estimate of drug-likeness (QED) is 0.800. The Morgan fingerprint density at radius 1 is 1.05 bits per heavy atom. The minimum absolute atomic E-state index is 0.0516. The highest BCUT2D eigenvalue weighted by Gasteiger charge is 2.23. The molecule has 0 radical (unpaired) electrons. The molecule has 0 N–H and O–H groups in total. The van der Waals surface area contributed by atoms with Gasteiger partial charge in [0.15, 0.2) is 0 Å². The maximum absolute atomic E-state index is 12.8. The van der Waals surface area contributed by atoms with E-state index in [0.29, 0.717) is 6.54 Å². The summed E-state index contributed by atoms with van der Waals surface area (Å²) in [6.07, 6.45) is 3.44. The van der Waals surface area contributed by atoms with Crippen LogP contribution in [0.2, 0.25) is 0 Å². The summed E-state index contributed by atoms with van der Waals surface area (Å²) in [5, 5.41) is 0. The van der Waals surface area contributed by atoms with E-state index in [-0.39, 0.29) is 11.8 Å². The number of carbonyl (C=O) groups is 1. The van der Waals surface area contributed by atoms with Crippen molar-refractivity contribution in [3.63, 3.8) is 0 Å². The van der Waals surface area contributed by atoms with E-state index < -0.39 is 0 Å². The van der Waals surface area contributed by atoms with Crippen LogP contribution in [0.4, 0.5) is 5.82 Å². The molecule has 0 unspecified atom stereocenters. The van der Waals surface area contributed by atoms with Crippen LogP contribution in [0.1, 0.15) is 32.3 Å². The molecule has 0 fully saturated rings. The van der Waals surface area contributed by atoms with Crippen molar-refractivity contribution in [2.24, 2.45) is 5.92 Å². The van der Waals surface area contributed by atoms with Gasteiger partial charge in [-0.2, -0.15) is 0 Å². The van der Waals surface area contributed by atoms with Gasteiger partial charge in [-0.1, -0.05) is 50.2 Å². The highest BCUT2D eigenvalue weighted by atomic mass is 16.2. The maximum atomic E-state index is 12.8. The molecule has 1 aromatic heterocycles. The number of nitrogens with zero attached hydrogens (tertiary/aromatic N) is 2. The zero-order chi connectivity index (χ0) is 15.1. The van der Waals surface area contributed by atoms with Crippen LogP contribution in [0, 0.1) is 5.92 Å². The van der Waals surface area contributed by atoms with E-state index in [1.807, 2.05) is 48.5 Å². The average molecular weight is 282 g/mol. The van der Waals surface area contributed by atoms with Gasteiger partial charge < -0.3 is 0 Å². The molecule has 0 aliphatic rings. The Labute approximate surface area is 126 Å². The van der Waals surface area contributed by atoms with Gasteiger partial charge in [-0.05, 0) is 30.5 Å². The molecule has 2 aromatic rings. The predicted octanol–water partition coefficient (Wildman–Crippen LogP) is 4.05. The van der Waals surface area contributed by atoms with Gasteiger partial charge in [0.2, 0.25) is 5.91 Å². The maximum Gasteiger partial charge on any atom is 0.231 e. The lowest BCUT2D eigenvalue weighted by Gasteiger charge is -2.25. The molecular formula is C18H22N2O. The molecule has 3 heteroatoms.